The summed E-state index contributed by atoms with van der Waals surface area (Å²) in [5, 5.41) is 0. The molecule has 2 amide bonds. The highest BCUT2D eigenvalue weighted by Gasteiger charge is 2.38. The van der Waals surface area contributed by atoms with Crippen molar-refractivity contribution in [1.29, 1.82) is 0 Å². The molecule has 0 saturated carbocycles. The summed E-state index contributed by atoms with van der Waals surface area (Å²) < 4.78 is 10.2. The molecule has 8 heteroatoms. The molecule has 0 spiro atoms. The maximum absolute atomic E-state index is 13.0. The van der Waals surface area contributed by atoms with Gasteiger partial charge in [0.2, 0.25) is 0 Å². The predicted octanol–water partition coefficient (Wildman–Crippen LogP) is 2.94. The maximum atomic E-state index is 13.0. The number of anilines is 1. The number of nitrogens with zero attached hydrogens (tertiary/aromatic N) is 1. The molecular weight excluding hydrogens is 356 g/mol. The first kappa shape index (κ1) is 21.8. The van der Waals surface area contributed by atoms with E-state index < -0.39 is 29.6 Å². The van der Waals surface area contributed by atoms with Crippen LogP contribution in [0.3, 0.4) is 0 Å². The van der Waals surface area contributed by atoms with Crippen molar-refractivity contribution < 1.29 is 23.9 Å². The number of thioether (sulfide) groups is 1. The topological polar surface area (TPSA) is 98.9 Å². The molecule has 1 rings (SSSR count). The molecule has 0 aliphatic carbocycles. The number of carbonyl (C=O) groups excluding carboxylic acids is 3. The summed E-state index contributed by atoms with van der Waals surface area (Å²) >= 11 is 1.50. The monoisotopic (exact) mass is 382 g/mol. The molecule has 0 saturated heterocycles. The molecule has 0 heterocycles. The zero-order chi connectivity index (χ0) is 19.9. The lowest BCUT2D eigenvalue weighted by molar-refractivity contribution is -0.146. The molecular formula is C18H26N2O5S. The Morgan fingerprint density at radius 3 is 2.23 bits per heavy atom. The molecule has 1 atom stereocenters. The summed E-state index contributed by atoms with van der Waals surface area (Å²) in [7, 11) is 1.22. The number of imide groups is 1. The van der Waals surface area contributed by atoms with Crippen LogP contribution in [0, 0.1) is 0 Å². The van der Waals surface area contributed by atoms with E-state index in [1.165, 1.54) is 31.0 Å². The van der Waals surface area contributed by atoms with Gasteiger partial charge in [-0.1, -0.05) is 0 Å². The van der Waals surface area contributed by atoms with Crippen LogP contribution in [0.2, 0.25) is 0 Å². The van der Waals surface area contributed by atoms with Crippen LogP contribution in [0.5, 0.6) is 0 Å². The van der Waals surface area contributed by atoms with Crippen LogP contribution < -0.4 is 5.73 Å². The highest BCUT2D eigenvalue weighted by molar-refractivity contribution is 7.98. The largest absolute Gasteiger partial charge is 0.467 e. The van der Waals surface area contributed by atoms with Crippen molar-refractivity contribution in [2.24, 2.45) is 0 Å². The molecule has 1 aromatic rings. The van der Waals surface area contributed by atoms with E-state index in [-0.39, 0.29) is 12.0 Å². The smallest absolute Gasteiger partial charge is 0.418 e. The average molecular weight is 382 g/mol. The summed E-state index contributed by atoms with van der Waals surface area (Å²) in [6, 6.07) is 5.02. The van der Waals surface area contributed by atoms with Gasteiger partial charge in [0.1, 0.15) is 11.6 Å². The van der Waals surface area contributed by atoms with Crippen molar-refractivity contribution in [3.63, 3.8) is 0 Å². The number of methoxy groups -OCH3 is 1. The van der Waals surface area contributed by atoms with Gasteiger partial charge in [-0.25, -0.2) is 14.5 Å². The second-order valence-electron chi connectivity index (χ2n) is 6.60. The van der Waals surface area contributed by atoms with Crippen molar-refractivity contribution in [1.82, 2.24) is 4.90 Å². The number of hydrogen-bond acceptors (Lipinski definition) is 7. The molecule has 144 valence electrons. The van der Waals surface area contributed by atoms with Gasteiger partial charge in [-0.15, -0.1) is 0 Å². The fraction of sp³-hybridized carbons (Fsp3) is 0.500. The number of nitrogens with two attached hydrogens (primary N) is 1. The number of benzene rings is 1. The minimum Gasteiger partial charge on any atom is -0.467 e. The Bertz CT molecular complexity index is 640. The molecule has 0 radical (unpaired) electrons. The normalized spacial score (nSPS) is 12.2. The Kier molecular flexibility index (Phi) is 7.95. The number of rotatable bonds is 6. The molecule has 0 unspecified atom stereocenters. The third-order valence-electron chi connectivity index (χ3n) is 3.35. The summed E-state index contributed by atoms with van der Waals surface area (Å²) in [6.07, 6.45) is 1.23. The highest BCUT2D eigenvalue weighted by Crippen LogP contribution is 2.20. The summed E-state index contributed by atoms with van der Waals surface area (Å²) in [6.45, 7) is 5.06. The van der Waals surface area contributed by atoms with Crippen LogP contribution in [0.15, 0.2) is 24.3 Å². The van der Waals surface area contributed by atoms with E-state index >= 15 is 0 Å². The first-order valence-electron chi connectivity index (χ1n) is 8.09. The molecule has 2 N–H and O–H groups in total. The molecule has 0 aliphatic heterocycles. The number of amides is 2. The quantitative estimate of drug-likeness (QED) is 0.596. The SMILES string of the molecule is COC(=O)[C@H](CCSC)N(C(=O)OC(C)(C)C)C(=O)c1ccc(N)cc1. The van der Waals surface area contributed by atoms with Gasteiger partial charge in [-0.2, -0.15) is 11.8 Å². The molecule has 1 aromatic carbocycles. The average Bonchev–Trinajstić information content (AvgIpc) is 2.56. The lowest BCUT2D eigenvalue weighted by Gasteiger charge is -2.30. The van der Waals surface area contributed by atoms with E-state index in [2.05, 4.69) is 0 Å². The van der Waals surface area contributed by atoms with E-state index in [4.69, 9.17) is 15.2 Å². The Hall–Kier alpha value is -2.22. The minimum atomic E-state index is -1.08. The van der Waals surface area contributed by atoms with Gasteiger partial charge in [0.05, 0.1) is 7.11 Å². The van der Waals surface area contributed by atoms with Crippen LogP contribution >= 0.6 is 11.8 Å². The minimum absolute atomic E-state index is 0.225. The van der Waals surface area contributed by atoms with E-state index in [0.717, 1.165) is 4.90 Å². The standard InChI is InChI=1S/C18H26N2O5S/c1-18(2,3)25-17(23)20(14(10-11-26-5)16(22)24-4)15(21)12-6-8-13(19)9-7-12/h6-9,14H,10-11,19H2,1-5H3/t14-/m0/s1. The van der Waals surface area contributed by atoms with E-state index in [1.54, 1.807) is 32.9 Å². The van der Waals surface area contributed by atoms with E-state index in [1.807, 2.05) is 6.26 Å². The number of ether oxygens (including phenoxy) is 2. The number of carbonyl (C=O) groups is 3. The van der Waals surface area contributed by atoms with Crippen LogP contribution in [0.25, 0.3) is 0 Å². The van der Waals surface area contributed by atoms with Crippen molar-refractivity contribution >= 4 is 35.4 Å². The second kappa shape index (κ2) is 9.47. The number of nitrogen functional groups attached to an aromatic ring is 1. The Morgan fingerprint density at radius 1 is 1.19 bits per heavy atom. The fourth-order valence-corrected chi connectivity index (χ4v) is 2.60. The van der Waals surface area contributed by atoms with Gasteiger partial charge in [0.25, 0.3) is 5.91 Å². The summed E-state index contributed by atoms with van der Waals surface area (Å²) in [5.41, 5.74) is 5.53. The Labute approximate surface area is 158 Å². The van der Waals surface area contributed by atoms with Crippen LogP contribution in [-0.4, -0.2) is 53.6 Å². The molecule has 26 heavy (non-hydrogen) atoms. The van der Waals surface area contributed by atoms with Gasteiger partial charge in [0.15, 0.2) is 0 Å². The van der Waals surface area contributed by atoms with Crippen LogP contribution in [0.4, 0.5) is 10.5 Å². The Morgan fingerprint density at radius 2 is 1.77 bits per heavy atom. The molecule has 7 nitrogen and oxygen atoms in total. The molecule has 0 bridgehead atoms. The summed E-state index contributed by atoms with van der Waals surface area (Å²) in [5.74, 6) is -0.752. The molecule has 0 aliphatic rings. The van der Waals surface area contributed by atoms with E-state index in [0.29, 0.717) is 11.4 Å². The lowest BCUT2D eigenvalue weighted by Crippen LogP contribution is -2.51. The second-order valence-corrected chi connectivity index (χ2v) is 7.58. The van der Waals surface area contributed by atoms with Gasteiger partial charge in [-0.3, -0.25) is 4.79 Å². The first-order valence-corrected chi connectivity index (χ1v) is 9.49. The van der Waals surface area contributed by atoms with Crippen molar-refractivity contribution in [3.8, 4) is 0 Å². The van der Waals surface area contributed by atoms with Crippen LogP contribution in [0.1, 0.15) is 37.6 Å². The van der Waals surface area contributed by atoms with Crippen LogP contribution in [-0.2, 0) is 14.3 Å². The van der Waals surface area contributed by atoms with Gasteiger partial charge < -0.3 is 15.2 Å². The fourth-order valence-electron chi connectivity index (χ4n) is 2.15. The summed E-state index contributed by atoms with van der Waals surface area (Å²) in [4.78, 5) is 38.8. The predicted molar refractivity (Wildman–Crippen MR) is 102 cm³/mol. The van der Waals surface area contributed by atoms with Gasteiger partial charge in [0, 0.05) is 11.3 Å². The third-order valence-corrected chi connectivity index (χ3v) is 3.99. The molecule has 0 fully saturated rings. The Balaban J connectivity index is 3.29. The lowest BCUT2D eigenvalue weighted by atomic mass is 10.1. The van der Waals surface area contributed by atoms with Gasteiger partial charge >= 0.3 is 12.1 Å². The van der Waals surface area contributed by atoms with Crippen molar-refractivity contribution in [2.45, 2.75) is 38.8 Å². The first-order chi connectivity index (χ1) is 12.1. The molecule has 0 aromatic heterocycles. The highest BCUT2D eigenvalue weighted by atomic mass is 32.2. The van der Waals surface area contributed by atoms with Gasteiger partial charge in [-0.05, 0) is 63.5 Å². The van der Waals surface area contributed by atoms with Crippen molar-refractivity contribution in [2.75, 3.05) is 24.9 Å². The zero-order valence-corrected chi connectivity index (χ0v) is 16.6. The van der Waals surface area contributed by atoms with Crippen molar-refractivity contribution in [3.05, 3.63) is 29.8 Å². The zero-order valence-electron chi connectivity index (χ0n) is 15.8. The maximum Gasteiger partial charge on any atom is 0.418 e. The number of esters is 1. The van der Waals surface area contributed by atoms with E-state index in [9.17, 15) is 14.4 Å². The number of hydrogen-bond donors (Lipinski definition) is 1. The third kappa shape index (κ3) is 6.25.